The van der Waals surface area contributed by atoms with Crippen molar-refractivity contribution < 1.29 is 23.5 Å². The van der Waals surface area contributed by atoms with Crippen molar-refractivity contribution >= 4 is 35.2 Å². The number of halogens is 3. The minimum Gasteiger partial charge on any atom is -0.480 e. The molecule has 0 bridgehead atoms. The van der Waals surface area contributed by atoms with Crippen molar-refractivity contribution in [1.82, 2.24) is 5.32 Å². The molecule has 1 atom stereocenters. The molecule has 0 heterocycles. The highest BCUT2D eigenvalue weighted by atomic mass is 35.5. The number of rotatable bonds is 6. The fourth-order valence-electron chi connectivity index (χ4n) is 0.664. The number of aliphatic carboxylic acids is 1. The third-order valence-corrected chi connectivity index (χ3v) is 2.85. The number of carbonyl (C=O) groups excluding carboxylic acids is 1. The highest BCUT2D eigenvalue weighted by molar-refractivity contribution is 8.00. The van der Waals surface area contributed by atoms with Gasteiger partial charge in [0, 0.05) is 12.7 Å². The van der Waals surface area contributed by atoms with Gasteiger partial charge < -0.3 is 10.4 Å². The normalized spacial score (nSPS) is 13.3. The first-order chi connectivity index (χ1) is 6.78. The molecule has 2 N–H and O–H groups in total. The van der Waals surface area contributed by atoms with Gasteiger partial charge >= 0.3 is 11.2 Å². The van der Waals surface area contributed by atoms with Gasteiger partial charge in [-0.1, -0.05) is 11.8 Å². The van der Waals surface area contributed by atoms with Gasteiger partial charge in [-0.15, -0.1) is 11.6 Å². The van der Waals surface area contributed by atoms with Crippen LogP contribution in [0.25, 0.3) is 0 Å². The number of amides is 1. The topological polar surface area (TPSA) is 66.4 Å². The minimum absolute atomic E-state index is 0.0963. The van der Waals surface area contributed by atoms with Crippen LogP contribution in [0, 0.1) is 0 Å². The maximum absolute atomic E-state index is 12.6. The van der Waals surface area contributed by atoms with E-state index in [1.54, 1.807) is 0 Å². The lowest BCUT2D eigenvalue weighted by molar-refractivity contribution is -0.140. The highest BCUT2D eigenvalue weighted by Crippen LogP contribution is 2.30. The van der Waals surface area contributed by atoms with Crippen LogP contribution in [0.1, 0.15) is 6.92 Å². The van der Waals surface area contributed by atoms with Gasteiger partial charge in [0.1, 0.15) is 6.04 Å². The summed E-state index contributed by atoms with van der Waals surface area (Å²) < 4.78 is 25.3. The Hall–Kier alpha value is -0.560. The van der Waals surface area contributed by atoms with Gasteiger partial charge in [-0.25, -0.2) is 4.79 Å². The first-order valence-electron chi connectivity index (χ1n) is 3.86. The summed E-state index contributed by atoms with van der Waals surface area (Å²) in [6.45, 7) is 1.11. The number of carbonyl (C=O) groups is 2. The zero-order valence-corrected chi connectivity index (χ0v) is 9.37. The Morgan fingerprint density at radius 3 is 2.47 bits per heavy atom. The molecule has 0 aromatic heterocycles. The van der Waals surface area contributed by atoms with Crippen LogP contribution in [0.2, 0.25) is 0 Å². The molecule has 0 aliphatic heterocycles. The summed E-state index contributed by atoms with van der Waals surface area (Å²) in [5.74, 6) is -3.28. The second-order valence-electron chi connectivity index (χ2n) is 2.67. The molecule has 0 saturated heterocycles. The third-order valence-electron chi connectivity index (χ3n) is 1.29. The summed E-state index contributed by atoms with van der Waals surface area (Å²) in [6.07, 6.45) is 0. The van der Waals surface area contributed by atoms with E-state index in [-0.39, 0.29) is 11.8 Å². The molecule has 0 unspecified atom stereocenters. The van der Waals surface area contributed by atoms with E-state index in [4.69, 9.17) is 16.7 Å². The Labute approximate surface area is 94.4 Å². The Morgan fingerprint density at radius 1 is 1.60 bits per heavy atom. The quantitative estimate of drug-likeness (QED) is 0.704. The maximum atomic E-state index is 12.6. The number of carboxylic acid groups (broad SMARTS) is 1. The second kappa shape index (κ2) is 6.12. The van der Waals surface area contributed by atoms with Crippen LogP contribution >= 0.6 is 23.4 Å². The van der Waals surface area contributed by atoms with Crippen molar-refractivity contribution in [3.8, 4) is 0 Å². The largest absolute Gasteiger partial charge is 0.480 e. The zero-order valence-electron chi connectivity index (χ0n) is 7.80. The molecule has 1 amide bonds. The minimum atomic E-state index is -3.19. The average molecular weight is 262 g/mol. The molecule has 4 nitrogen and oxygen atoms in total. The number of carboxylic acids is 1. The third kappa shape index (κ3) is 6.51. The van der Waals surface area contributed by atoms with E-state index in [0.29, 0.717) is 0 Å². The summed E-state index contributed by atoms with van der Waals surface area (Å²) in [4.78, 5) is 21.1. The number of thioether (sulfide) groups is 1. The van der Waals surface area contributed by atoms with E-state index in [9.17, 15) is 18.4 Å². The van der Waals surface area contributed by atoms with Crippen LogP contribution in [-0.4, -0.2) is 39.9 Å². The SMILES string of the molecule is CC(=O)N[C@@H](CSC(F)(F)CCl)C(=O)O. The van der Waals surface area contributed by atoms with Crippen molar-refractivity contribution in [3.63, 3.8) is 0 Å². The van der Waals surface area contributed by atoms with Crippen molar-refractivity contribution in [3.05, 3.63) is 0 Å². The molecular weight excluding hydrogens is 252 g/mol. The molecule has 0 aliphatic rings. The van der Waals surface area contributed by atoms with Crippen LogP contribution < -0.4 is 5.32 Å². The van der Waals surface area contributed by atoms with Crippen LogP contribution in [0.3, 0.4) is 0 Å². The lowest BCUT2D eigenvalue weighted by Crippen LogP contribution is -2.42. The first-order valence-corrected chi connectivity index (χ1v) is 5.38. The summed E-state index contributed by atoms with van der Waals surface area (Å²) >= 11 is 5.05. The highest BCUT2D eigenvalue weighted by Gasteiger charge is 2.31. The second-order valence-corrected chi connectivity index (χ2v) is 4.16. The van der Waals surface area contributed by atoms with Crippen LogP contribution in [0.15, 0.2) is 0 Å². The molecule has 0 aromatic rings. The number of alkyl halides is 3. The average Bonchev–Trinajstić information content (AvgIpc) is 2.11. The molecule has 0 aliphatic carbocycles. The summed E-state index contributed by atoms with van der Waals surface area (Å²) in [5.41, 5.74) is 0. The van der Waals surface area contributed by atoms with Crippen molar-refractivity contribution in [2.45, 2.75) is 18.2 Å². The molecule has 0 saturated carbocycles. The number of hydrogen-bond donors (Lipinski definition) is 2. The van der Waals surface area contributed by atoms with Crippen molar-refractivity contribution in [2.75, 3.05) is 11.6 Å². The molecule has 88 valence electrons. The summed E-state index contributed by atoms with van der Waals surface area (Å²) in [6, 6.07) is -1.33. The van der Waals surface area contributed by atoms with E-state index >= 15 is 0 Å². The predicted molar refractivity (Wildman–Crippen MR) is 53.4 cm³/mol. The summed E-state index contributed by atoms with van der Waals surface area (Å²) in [7, 11) is 0. The van der Waals surface area contributed by atoms with Crippen LogP contribution in [-0.2, 0) is 9.59 Å². The van der Waals surface area contributed by atoms with E-state index in [1.165, 1.54) is 0 Å². The fourth-order valence-corrected chi connectivity index (χ4v) is 1.61. The molecule has 15 heavy (non-hydrogen) atoms. The smallest absolute Gasteiger partial charge is 0.327 e. The van der Waals surface area contributed by atoms with Crippen molar-refractivity contribution in [1.29, 1.82) is 0 Å². The molecule has 0 radical (unpaired) electrons. The van der Waals surface area contributed by atoms with E-state index in [0.717, 1.165) is 6.92 Å². The monoisotopic (exact) mass is 261 g/mol. The lowest BCUT2D eigenvalue weighted by atomic mass is 10.3. The first kappa shape index (κ1) is 14.4. The van der Waals surface area contributed by atoms with Gasteiger partial charge in [0.15, 0.2) is 0 Å². The Kier molecular flexibility index (Phi) is 5.89. The standard InChI is InChI=1S/C7H10ClF2NO3S/c1-4(12)11-5(6(13)14)2-15-7(9,10)3-8/h5H,2-3H2,1H3,(H,11,12)(H,13,14)/t5-/m0/s1. The van der Waals surface area contributed by atoms with Crippen LogP contribution in [0.4, 0.5) is 8.78 Å². The Balaban J connectivity index is 4.19. The lowest BCUT2D eigenvalue weighted by Gasteiger charge is -2.16. The van der Waals surface area contributed by atoms with Crippen LogP contribution in [0.5, 0.6) is 0 Å². The molecular formula is C7H10ClF2NO3S. The van der Waals surface area contributed by atoms with E-state index in [2.05, 4.69) is 0 Å². The number of nitrogens with one attached hydrogen (secondary N) is 1. The van der Waals surface area contributed by atoms with E-state index in [1.807, 2.05) is 5.32 Å². The van der Waals surface area contributed by atoms with Gasteiger partial charge in [-0.2, -0.15) is 8.78 Å². The van der Waals surface area contributed by atoms with E-state index < -0.39 is 34.8 Å². The molecule has 0 spiro atoms. The Bertz CT molecular complexity index is 252. The fraction of sp³-hybridized carbons (Fsp3) is 0.714. The predicted octanol–water partition coefficient (Wildman–Crippen LogP) is 1.14. The van der Waals surface area contributed by atoms with Gasteiger partial charge in [0.05, 0.1) is 5.88 Å². The molecule has 0 rings (SSSR count). The van der Waals surface area contributed by atoms with Gasteiger partial charge in [0.2, 0.25) is 5.91 Å². The molecule has 0 fully saturated rings. The zero-order chi connectivity index (χ0) is 12.1. The maximum Gasteiger partial charge on any atom is 0.327 e. The Morgan fingerprint density at radius 2 is 2.13 bits per heavy atom. The number of hydrogen-bond acceptors (Lipinski definition) is 3. The van der Waals surface area contributed by atoms with Crippen molar-refractivity contribution in [2.24, 2.45) is 0 Å². The molecule has 0 aromatic carbocycles. The van der Waals surface area contributed by atoms with Gasteiger partial charge in [-0.3, -0.25) is 4.79 Å². The summed E-state index contributed by atoms with van der Waals surface area (Å²) in [5, 5.41) is 7.44. The molecule has 8 heteroatoms. The van der Waals surface area contributed by atoms with Gasteiger partial charge in [0.25, 0.3) is 0 Å². The van der Waals surface area contributed by atoms with Gasteiger partial charge in [-0.05, 0) is 0 Å².